The molecule has 330 valence electrons. The average Bonchev–Trinajstić information content (AvgIpc) is 3.96. The van der Waals surface area contributed by atoms with Gasteiger partial charge in [0.15, 0.2) is 5.58 Å². The summed E-state index contributed by atoms with van der Waals surface area (Å²) >= 11 is 0. The Bertz CT molecular complexity index is 3510. The molecule has 2 heteroatoms. The molecular weight excluding hydrogens is 811 g/mol. The van der Waals surface area contributed by atoms with Crippen LogP contribution >= 0.6 is 0 Å². The van der Waals surface area contributed by atoms with Crippen LogP contribution in [0.25, 0.3) is 55.3 Å². The van der Waals surface area contributed by atoms with Crippen molar-refractivity contribution in [2.75, 3.05) is 4.90 Å². The number of hydrogen-bond donors (Lipinski definition) is 0. The van der Waals surface area contributed by atoms with Gasteiger partial charge in [0.05, 0.1) is 16.8 Å². The van der Waals surface area contributed by atoms with Crippen LogP contribution in [0.4, 0.5) is 17.1 Å². The molecule has 0 bridgehead atoms. The number of para-hydroxylation sites is 2. The molecule has 0 aliphatic heterocycles. The predicted octanol–water partition coefficient (Wildman–Crippen LogP) is 17.8. The van der Waals surface area contributed by atoms with Crippen molar-refractivity contribution in [2.24, 2.45) is 0 Å². The van der Waals surface area contributed by atoms with Gasteiger partial charge in [-0.15, -0.1) is 0 Å². The average molecular weight is 870 g/mol. The molecule has 4 aliphatic carbocycles. The molecular formula is C65H59NO. The van der Waals surface area contributed by atoms with Crippen LogP contribution in [0.3, 0.4) is 0 Å². The fourth-order valence-corrected chi connectivity index (χ4v) is 13.5. The van der Waals surface area contributed by atoms with E-state index in [-0.39, 0.29) is 21.7 Å². The quantitative estimate of drug-likeness (QED) is 0.175. The van der Waals surface area contributed by atoms with Gasteiger partial charge in [0.25, 0.3) is 0 Å². The summed E-state index contributed by atoms with van der Waals surface area (Å²) in [4.78, 5) is 2.60. The second-order valence-electron chi connectivity index (χ2n) is 22.9. The molecule has 8 aromatic carbocycles. The normalized spacial score (nSPS) is 18.2. The van der Waals surface area contributed by atoms with E-state index >= 15 is 0 Å². The van der Waals surface area contributed by atoms with Crippen LogP contribution in [-0.4, -0.2) is 0 Å². The standard InChI is InChI=1S/C65H59NO/c1-61(2)33-34-63(5,6)55-37-40(31-32-52(55)61)66(56-29-18-24-46-44-22-12-16-30-58(44)67-60(46)56)57-39-54-47(38-48(57)45-23-17-28-53-59(45)64(7,8)36-35-62(53,3)4)43-21-11-15-27-51(43)65(54)49-25-13-9-19-41(49)42-20-10-14-26-50(42)65/h9-32,37-39H,33-36H2,1-8H3. The van der Waals surface area contributed by atoms with Gasteiger partial charge >= 0.3 is 0 Å². The topological polar surface area (TPSA) is 16.4 Å². The molecule has 0 radical (unpaired) electrons. The van der Waals surface area contributed by atoms with Gasteiger partial charge in [-0.3, -0.25) is 0 Å². The largest absolute Gasteiger partial charge is 0.454 e. The third kappa shape index (κ3) is 5.50. The number of hydrogen-bond acceptors (Lipinski definition) is 2. The second kappa shape index (κ2) is 13.7. The van der Waals surface area contributed by atoms with Crippen molar-refractivity contribution in [1.29, 1.82) is 0 Å². The van der Waals surface area contributed by atoms with Crippen LogP contribution in [-0.2, 0) is 27.1 Å². The maximum Gasteiger partial charge on any atom is 0.159 e. The van der Waals surface area contributed by atoms with Gasteiger partial charge in [0.2, 0.25) is 0 Å². The molecule has 0 atom stereocenters. The minimum Gasteiger partial charge on any atom is -0.454 e. The van der Waals surface area contributed by atoms with Crippen LogP contribution in [0.5, 0.6) is 0 Å². The van der Waals surface area contributed by atoms with Crippen molar-refractivity contribution >= 4 is 39.0 Å². The maximum atomic E-state index is 7.08. The van der Waals surface area contributed by atoms with Crippen LogP contribution in [0.2, 0.25) is 0 Å². The zero-order valence-corrected chi connectivity index (χ0v) is 40.3. The van der Waals surface area contributed by atoms with Gasteiger partial charge in [-0.05, 0) is 156 Å². The number of furan rings is 1. The first-order valence-corrected chi connectivity index (χ1v) is 24.7. The Kier molecular flexibility index (Phi) is 8.32. The lowest BCUT2D eigenvalue weighted by atomic mass is 9.61. The molecule has 0 saturated heterocycles. The summed E-state index contributed by atoms with van der Waals surface area (Å²) in [5.74, 6) is 0. The van der Waals surface area contributed by atoms with E-state index in [0.29, 0.717) is 0 Å². The molecule has 1 spiro atoms. The lowest BCUT2D eigenvalue weighted by Gasteiger charge is -2.44. The molecule has 1 heterocycles. The monoisotopic (exact) mass is 869 g/mol. The molecule has 0 unspecified atom stereocenters. The van der Waals surface area contributed by atoms with Crippen LogP contribution in [0.1, 0.15) is 126 Å². The zero-order chi connectivity index (χ0) is 45.8. The number of anilines is 3. The predicted molar refractivity (Wildman–Crippen MR) is 281 cm³/mol. The minimum absolute atomic E-state index is 0.00967. The number of nitrogens with zero attached hydrogens (tertiary/aromatic N) is 1. The van der Waals surface area contributed by atoms with Crippen molar-refractivity contribution in [3.05, 3.63) is 208 Å². The van der Waals surface area contributed by atoms with Gasteiger partial charge in [0, 0.05) is 22.0 Å². The highest BCUT2D eigenvalue weighted by atomic mass is 16.3. The van der Waals surface area contributed by atoms with E-state index in [1.807, 2.05) is 0 Å². The molecule has 4 aliphatic rings. The summed E-state index contributed by atoms with van der Waals surface area (Å²) in [6.07, 6.45) is 4.59. The second-order valence-corrected chi connectivity index (χ2v) is 22.9. The van der Waals surface area contributed by atoms with Crippen molar-refractivity contribution in [3.63, 3.8) is 0 Å². The van der Waals surface area contributed by atoms with Gasteiger partial charge in [-0.2, -0.15) is 0 Å². The summed E-state index contributed by atoms with van der Waals surface area (Å²) in [6, 6.07) is 62.8. The van der Waals surface area contributed by atoms with E-state index in [4.69, 9.17) is 4.42 Å². The third-order valence-electron chi connectivity index (χ3n) is 17.2. The van der Waals surface area contributed by atoms with Crippen molar-refractivity contribution in [1.82, 2.24) is 0 Å². The first-order valence-electron chi connectivity index (χ1n) is 24.7. The Labute approximate surface area is 396 Å². The highest BCUT2D eigenvalue weighted by molar-refractivity contribution is 6.11. The molecule has 2 nitrogen and oxygen atoms in total. The lowest BCUT2D eigenvalue weighted by Crippen LogP contribution is -2.34. The summed E-state index contributed by atoms with van der Waals surface area (Å²) < 4.78 is 7.08. The van der Waals surface area contributed by atoms with Gasteiger partial charge in [-0.25, -0.2) is 0 Å². The van der Waals surface area contributed by atoms with E-state index in [9.17, 15) is 0 Å². The van der Waals surface area contributed by atoms with Crippen molar-refractivity contribution in [3.8, 4) is 33.4 Å². The third-order valence-corrected chi connectivity index (χ3v) is 17.2. The van der Waals surface area contributed by atoms with Gasteiger partial charge in [0.1, 0.15) is 5.58 Å². The summed E-state index contributed by atoms with van der Waals surface area (Å²) in [5.41, 5.74) is 23.8. The highest BCUT2D eigenvalue weighted by Crippen LogP contribution is 2.65. The summed E-state index contributed by atoms with van der Waals surface area (Å²) in [6.45, 7) is 19.6. The highest BCUT2D eigenvalue weighted by Gasteiger charge is 2.52. The molecule has 0 amide bonds. The Morgan fingerprint density at radius 3 is 1.57 bits per heavy atom. The van der Waals surface area contributed by atoms with E-state index in [1.54, 1.807) is 0 Å². The van der Waals surface area contributed by atoms with E-state index < -0.39 is 5.41 Å². The Morgan fingerprint density at radius 1 is 0.358 bits per heavy atom. The smallest absolute Gasteiger partial charge is 0.159 e. The SMILES string of the molecule is CC1(C)CCC(C)(C)c2cc(N(c3cc4c(cc3-c3cccc5c3C(C)(C)CCC5(C)C)-c3ccccc3C43c4ccccc4-c4ccccc43)c3cccc4c3oc3ccccc34)ccc21. The Balaban J connectivity index is 1.21. The molecule has 1 aromatic heterocycles. The fourth-order valence-electron chi connectivity index (χ4n) is 13.5. The first kappa shape index (κ1) is 40.6. The lowest BCUT2D eigenvalue weighted by molar-refractivity contribution is 0.332. The molecule has 13 rings (SSSR count). The summed E-state index contributed by atoms with van der Waals surface area (Å²) in [7, 11) is 0. The van der Waals surface area contributed by atoms with Crippen molar-refractivity contribution in [2.45, 2.75) is 108 Å². The van der Waals surface area contributed by atoms with Gasteiger partial charge in [-0.1, -0.05) is 183 Å². The first-order chi connectivity index (χ1) is 32.2. The van der Waals surface area contributed by atoms with Crippen LogP contribution in [0.15, 0.2) is 168 Å². The zero-order valence-electron chi connectivity index (χ0n) is 40.3. The van der Waals surface area contributed by atoms with Crippen LogP contribution < -0.4 is 4.90 Å². The molecule has 0 saturated carbocycles. The number of rotatable bonds is 4. The summed E-state index contributed by atoms with van der Waals surface area (Å²) in [5, 5.41) is 2.26. The number of fused-ring (bicyclic) bond motifs is 15. The van der Waals surface area contributed by atoms with E-state index in [0.717, 1.165) is 52.6 Å². The Morgan fingerprint density at radius 2 is 0.881 bits per heavy atom. The number of benzene rings is 8. The molecule has 9 aromatic rings. The molecule has 0 fully saturated rings. The van der Waals surface area contributed by atoms with Gasteiger partial charge < -0.3 is 9.32 Å². The van der Waals surface area contributed by atoms with E-state index in [2.05, 4.69) is 224 Å². The van der Waals surface area contributed by atoms with Crippen molar-refractivity contribution < 1.29 is 4.42 Å². The molecule has 0 N–H and O–H groups in total. The Hall–Kier alpha value is -6.64. The van der Waals surface area contributed by atoms with E-state index in [1.165, 1.54) is 90.0 Å². The fraction of sp³-hybridized carbons (Fsp3) is 0.262. The molecule has 67 heavy (non-hydrogen) atoms. The maximum absolute atomic E-state index is 7.08. The van der Waals surface area contributed by atoms with Crippen LogP contribution in [0, 0.1) is 0 Å². The minimum atomic E-state index is -0.511.